The van der Waals surface area contributed by atoms with Crippen molar-refractivity contribution in [3.8, 4) is 5.75 Å². The van der Waals surface area contributed by atoms with Crippen molar-refractivity contribution in [2.75, 3.05) is 13.1 Å². The first-order valence-corrected chi connectivity index (χ1v) is 6.66. The van der Waals surface area contributed by atoms with E-state index < -0.39 is 0 Å². The Bertz CT molecular complexity index is 631. The Morgan fingerprint density at radius 3 is 2.84 bits per heavy atom. The van der Waals surface area contributed by atoms with E-state index in [4.69, 9.17) is 4.74 Å². The molecule has 1 aromatic heterocycles. The molecule has 3 nitrogen and oxygen atoms in total. The maximum atomic E-state index is 13.3. The monoisotopic (exact) mass is 258 g/mol. The van der Waals surface area contributed by atoms with Crippen LogP contribution in [0.2, 0.25) is 0 Å². The molecule has 1 aromatic carbocycles. The first-order chi connectivity index (χ1) is 9.24. The van der Waals surface area contributed by atoms with Crippen molar-refractivity contribution >= 4 is 10.9 Å². The highest BCUT2D eigenvalue weighted by Gasteiger charge is 2.49. The van der Waals surface area contributed by atoms with Crippen molar-refractivity contribution < 1.29 is 9.13 Å². The molecule has 1 saturated heterocycles. The fraction of sp³-hybridized carbons (Fsp3) is 0.400. The number of nitrogens with one attached hydrogen (secondary N) is 1. The summed E-state index contributed by atoms with van der Waals surface area (Å²) in [6, 6.07) is 6.44. The van der Waals surface area contributed by atoms with Gasteiger partial charge in [0, 0.05) is 30.1 Å². The van der Waals surface area contributed by atoms with Crippen molar-refractivity contribution in [3.05, 3.63) is 36.3 Å². The zero-order chi connectivity index (χ0) is 12.9. The van der Waals surface area contributed by atoms with E-state index in [1.165, 1.54) is 12.1 Å². The first kappa shape index (κ1) is 11.2. The minimum absolute atomic E-state index is 0.251. The molecule has 1 N–H and O–H groups in total. The maximum Gasteiger partial charge on any atom is 0.130 e. The van der Waals surface area contributed by atoms with Crippen molar-refractivity contribution in [3.63, 3.8) is 0 Å². The van der Waals surface area contributed by atoms with Gasteiger partial charge in [0.2, 0.25) is 0 Å². The smallest absolute Gasteiger partial charge is 0.130 e. The molecule has 0 bridgehead atoms. The van der Waals surface area contributed by atoms with Gasteiger partial charge in [0.25, 0.3) is 0 Å². The number of halogens is 1. The predicted octanol–water partition coefficient (Wildman–Crippen LogP) is 2.50. The maximum absolute atomic E-state index is 13.3. The van der Waals surface area contributed by atoms with Crippen LogP contribution in [0.1, 0.15) is 12.8 Å². The summed E-state index contributed by atoms with van der Waals surface area (Å²) >= 11 is 0. The molecule has 4 rings (SSSR count). The number of pyridine rings is 1. The van der Waals surface area contributed by atoms with Crippen LogP contribution < -0.4 is 10.1 Å². The molecule has 0 radical (unpaired) electrons. The van der Waals surface area contributed by atoms with E-state index >= 15 is 0 Å². The molecule has 98 valence electrons. The molecule has 2 fully saturated rings. The van der Waals surface area contributed by atoms with E-state index in [0.717, 1.165) is 42.6 Å². The number of ether oxygens (including phenoxy) is 1. The summed E-state index contributed by atoms with van der Waals surface area (Å²) in [6.45, 7) is 2.22. The van der Waals surface area contributed by atoms with E-state index in [1.807, 2.05) is 6.07 Å². The number of aromatic nitrogens is 1. The number of nitrogens with zero attached hydrogens (tertiary/aromatic N) is 1. The van der Waals surface area contributed by atoms with Gasteiger partial charge in [-0.25, -0.2) is 4.39 Å². The lowest BCUT2D eigenvalue weighted by atomic mass is 9.63. The van der Waals surface area contributed by atoms with Crippen LogP contribution in [0.3, 0.4) is 0 Å². The van der Waals surface area contributed by atoms with Gasteiger partial charge in [-0.15, -0.1) is 0 Å². The molecule has 2 aliphatic rings. The summed E-state index contributed by atoms with van der Waals surface area (Å²) in [6.07, 6.45) is 4.17. The third kappa shape index (κ3) is 1.78. The Hall–Kier alpha value is -1.68. The highest BCUT2D eigenvalue weighted by atomic mass is 19.1. The molecular weight excluding hydrogens is 243 g/mol. The van der Waals surface area contributed by atoms with E-state index in [2.05, 4.69) is 10.3 Å². The van der Waals surface area contributed by atoms with Crippen molar-refractivity contribution in [2.45, 2.75) is 18.9 Å². The molecule has 0 amide bonds. The quantitative estimate of drug-likeness (QED) is 0.898. The molecule has 1 aliphatic heterocycles. The highest BCUT2D eigenvalue weighted by molar-refractivity contribution is 5.84. The van der Waals surface area contributed by atoms with Gasteiger partial charge in [-0.05, 0) is 37.1 Å². The molecule has 2 aromatic rings. The zero-order valence-corrected chi connectivity index (χ0v) is 10.5. The van der Waals surface area contributed by atoms with Crippen LogP contribution in [-0.2, 0) is 0 Å². The van der Waals surface area contributed by atoms with Gasteiger partial charge in [-0.2, -0.15) is 0 Å². The van der Waals surface area contributed by atoms with Gasteiger partial charge < -0.3 is 10.1 Å². The molecule has 1 saturated carbocycles. The van der Waals surface area contributed by atoms with Gasteiger partial charge in [-0.3, -0.25) is 4.98 Å². The Morgan fingerprint density at radius 1 is 1.26 bits per heavy atom. The first-order valence-electron chi connectivity index (χ1n) is 6.66. The third-order valence-electron chi connectivity index (χ3n) is 4.28. The molecule has 4 heteroatoms. The Balaban J connectivity index is 1.59. The van der Waals surface area contributed by atoms with Crippen LogP contribution in [0.15, 0.2) is 30.5 Å². The minimum atomic E-state index is -0.251. The number of rotatable bonds is 2. The standard InChI is InChI=1S/C15H15FN2O/c16-10-1-2-13-12(5-10)14(3-4-18-13)19-11-6-15(7-11)8-17-9-15/h1-5,11,17H,6-9H2. The van der Waals surface area contributed by atoms with Crippen LogP contribution in [0, 0.1) is 11.2 Å². The lowest BCUT2D eigenvalue weighted by Gasteiger charge is -2.53. The summed E-state index contributed by atoms with van der Waals surface area (Å²) in [4.78, 5) is 4.23. The average Bonchev–Trinajstić information content (AvgIpc) is 2.31. The van der Waals surface area contributed by atoms with Crippen molar-refractivity contribution in [1.29, 1.82) is 0 Å². The fourth-order valence-corrected chi connectivity index (χ4v) is 3.13. The third-order valence-corrected chi connectivity index (χ3v) is 4.28. The van der Waals surface area contributed by atoms with Crippen molar-refractivity contribution in [1.82, 2.24) is 10.3 Å². The Labute approximate surface area is 110 Å². The van der Waals surface area contributed by atoms with Crippen LogP contribution >= 0.6 is 0 Å². The molecular formula is C15H15FN2O. The normalized spacial score (nSPS) is 21.1. The molecule has 0 atom stereocenters. The van der Waals surface area contributed by atoms with E-state index in [9.17, 15) is 4.39 Å². The second kappa shape index (κ2) is 3.90. The lowest BCUT2D eigenvalue weighted by molar-refractivity contribution is -0.0489. The molecule has 2 heterocycles. The van der Waals surface area contributed by atoms with Crippen molar-refractivity contribution in [2.24, 2.45) is 5.41 Å². The van der Waals surface area contributed by atoms with Crippen LogP contribution in [0.25, 0.3) is 10.9 Å². The zero-order valence-electron chi connectivity index (χ0n) is 10.5. The number of hydrogen-bond donors (Lipinski definition) is 1. The lowest BCUT2D eigenvalue weighted by Crippen LogP contribution is -2.62. The second-order valence-corrected chi connectivity index (χ2v) is 5.72. The SMILES string of the molecule is Fc1ccc2nccc(OC3CC4(CNC4)C3)c2c1. The average molecular weight is 258 g/mol. The van der Waals surface area contributed by atoms with E-state index in [-0.39, 0.29) is 11.9 Å². The van der Waals surface area contributed by atoms with E-state index in [1.54, 1.807) is 12.3 Å². The van der Waals surface area contributed by atoms with Gasteiger partial charge in [0.15, 0.2) is 0 Å². The summed E-state index contributed by atoms with van der Waals surface area (Å²) in [5.74, 6) is 0.496. The second-order valence-electron chi connectivity index (χ2n) is 5.72. The van der Waals surface area contributed by atoms with Crippen LogP contribution in [0.5, 0.6) is 5.75 Å². The van der Waals surface area contributed by atoms with Gasteiger partial charge in [-0.1, -0.05) is 0 Å². The van der Waals surface area contributed by atoms with E-state index in [0.29, 0.717) is 5.41 Å². The predicted molar refractivity (Wildman–Crippen MR) is 70.7 cm³/mol. The molecule has 1 spiro atoms. The topological polar surface area (TPSA) is 34.1 Å². The number of hydrogen-bond acceptors (Lipinski definition) is 3. The summed E-state index contributed by atoms with van der Waals surface area (Å²) < 4.78 is 19.4. The molecule has 19 heavy (non-hydrogen) atoms. The fourth-order valence-electron chi connectivity index (χ4n) is 3.13. The summed E-state index contributed by atoms with van der Waals surface area (Å²) in [5, 5.41) is 4.07. The van der Waals surface area contributed by atoms with Gasteiger partial charge in [0.1, 0.15) is 11.6 Å². The number of benzene rings is 1. The Morgan fingerprint density at radius 2 is 2.11 bits per heavy atom. The Kier molecular flexibility index (Phi) is 2.30. The van der Waals surface area contributed by atoms with Crippen LogP contribution in [-0.4, -0.2) is 24.2 Å². The van der Waals surface area contributed by atoms with Gasteiger partial charge >= 0.3 is 0 Å². The number of fused-ring (bicyclic) bond motifs is 1. The summed E-state index contributed by atoms with van der Waals surface area (Å²) in [7, 11) is 0. The summed E-state index contributed by atoms with van der Waals surface area (Å²) in [5.41, 5.74) is 1.26. The molecule has 1 aliphatic carbocycles. The minimum Gasteiger partial charge on any atom is -0.490 e. The van der Waals surface area contributed by atoms with Gasteiger partial charge in [0.05, 0.1) is 11.6 Å². The highest BCUT2D eigenvalue weighted by Crippen LogP contribution is 2.46. The molecule has 0 unspecified atom stereocenters. The largest absolute Gasteiger partial charge is 0.490 e. The van der Waals surface area contributed by atoms with Crippen LogP contribution in [0.4, 0.5) is 4.39 Å².